The number of pyridine rings is 2. The summed E-state index contributed by atoms with van der Waals surface area (Å²) in [6.45, 7) is 4.27. The second kappa shape index (κ2) is 7.90. The maximum absolute atomic E-state index is 12.3. The number of ether oxygens (including phenoxy) is 1. The molecule has 0 fully saturated rings. The van der Waals surface area contributed by atoms with Gasteiger partial charge in [0.15, 0.2) is 0 Å². The summed E-state index contributed by atoms with van der Waals surface area (Å²) in [5.41, 5.74) is 2.50. The lowest BCUT2D eigenvalue weighted by Crippen LogP contribution is -2.23. The largest absolute Gasteiger partial charge is 0.475 e. The predicted molar refractivity (Wildman–Crippen MR) is 98.7 cm³/mol. The van der Waals surface area contributed by atoms with Crippen LogP contribution in [0, 0.1) is 0 Å². The Morgan fingerprint density at radius 2 is 2.12 bits per heavy atom. The molecule has 3 aromatic heterocycles. The van der Waals surface area contributed by atoms with Gasteiger partial charge in [0, 0.05) is 41.6 Å². The first-order valence-electron chi connectivity index (χ1n) is 8.00. The minimum absolute atomic E-state index is 0.0512. The highest BCUT2D eigenvalue weighted by Crippen LogP contribution is 2.24. The first-order chi connectivity index (χ1) is 12.1. The van der Waals surface area contributed by atoms with E-state index in [0.29, 0.717) is 18.0 Å². The van der Waals surface area contributed by atoms with Gasteiger partial charge < -0.3 is 10.1 Å². The van der Waals surface area contributed by atoms with E-state index in [1.54, 1.807) is 29.7 Å². The molecule has 0 atom stereocenters. The molecule has 25 heavy (non-hydrogen) atoms. The number of carbonyl (C=O) groups excluding carboxylic acids is 1. The van der Waals surface area contributed by atoms with Gasteiger partial charge in [0.05, 0.1) is 11.7 Å². The van der Waals surface area contributed by atoms with Crippen molar-refractivity contribution in [1.82, 2.24) is 15.3 Å². The van der Waals surface area contributed by atoms with Crippen LogP contribution in [0.2, 0.25) is 0 Å². The van der Waals surface area contributed by atoms with Crippen molar-refractivity contribution in [2.24, 2.45) is 0 Å². The second-order valence-electron chi connectivity index (χ2n) is 5.79. The molecule has 0 aliphatic carbocycles. The molecule has 0 saturated heterocycles. The van der Waals surface area contributed by atoms with Crippen LogP contribution in [0.15, 0.2) is 54.3 Å². The zero-order valence-corrected chi connectivity index (χ0v) is 14.9. The fourth-order valence-electron chi connectivity index (χ4n) is 2.27. The summed E-state index contributed by atoms with van der Waals surface area (Å²) in [6.07, 6.45) is 5.16. The summed E-state index contributed by atoms with van der Waals surface area (Å²) in [7, 11) is 0. The van der Waals surface area contributed by atoms with E-state index in [-0.39, 0.29) is 12.0 Å². The van der Waals surface area contributed by atoms with Crippen molar-refractivity contribution in [2.75, 3.05) is 0 Å². The molecule has 0 aliphatic heterocycles. The summed E-state index contributed by atoms with van der Waals surface area (Å²) >= 11 is 1.66. The Morgan fingerprint density at radius 3 is 2.80 bits per heavy atom. The number of nitrogens with zero attached hydrogens (tertiary/aromatic N) is 2. The molecule has 3 heterocycles. The van der Waals surface area contributed by atoms with Gasteiger partial charge in [-0.2, -0.15) is 0 Å². The molecule has 0 aliphatic rings. The number of carbonyl (C=O) groups is 1. The van der Waals surface area contributed by atoms with E-state index in [9.17, 15) is 4.79 Å². The van der Waals surface area contributed by atoms with E-state index < -0.39 is 0 Å². The highest BCUT2D eigenvalue weighted by atomic mass is 32.1. The molecule has 3 rings (SSSR count). The fraction of sp³-hybridized carbons (Fsp3) is 0.211. The summed E-state index contributed by atoms with van der Waals surface area (Å²) in [5.74, 6) is 0.338. The van der Waals surface area contributed by atoms with Crippen LogP contribution in [-0.4, -0.2) is 22.0 Å². The van der Waals surface area contributed by atoms with Crippen molar-refractivity contribution >= 4 is 17.2 Å². The third-order valence-electron chi connectivity index (χ3n) is 3.41. The summed E-state index contributed by atoms with van der Waals surface area (Å²) < 4.78 is 5.48. The third-order valence-corrected chi connectivity index (χ3v) is 4.33. The second-order valence-corrected chi connectivity index (χ2v) is 6.74. The lowest BCUT2D eigenvalue weighted by atomic mass is 10.1. The Bertz CT molecular complexity index is 830. The van der Waals surface area contributed by atoms with Crippen LogP contribution in [0.3, 0.4) is 0 Å². The van der Waals surface area contributed by atoms with Crippen molar-refractivity contribution in [3.8, 4) is 16.3 Å². The van der Waals surface area contributed by atoms with E-state index in [1.165, 1.54) is 6.20 Å². The topological polar surface area (TPSA) is 64.1 Å². The highest BCUT2D eigenvalue weighted by Gasteiger charge is 2.08. The lowest BCUT2D eigenvalue weighted by molar-refractivity contribution is 0.0950. The Balaban J connectivity index is 1.61. The number of thiophene rings is 1. The van der Waals surface area contributed by atoms with Crippen molar-refractivity contribution in [3.05, 3.63) is 65.4 Å². The molecule has 1 N–H and O–H groups in total. The minimum atomic E-state index is -0.176. The summed E-state index contributed by atoms with van der Waals surface area (Å²) in [6, 6.07) is 9.51. The van der Waals surface area contributed by atoms with Gasteiger partial charge in [0.1, 0.15) is 0 Å². The number of hydrogen-bond acceptors (Lipinski definition) is 5. The summed E-state index contributed by atoms with van der Waals surface area (Å²) in [4.78, 5) is 21.8. The number of rotatable bonds is 6. The molecule has 0 radical (unpaired) electrons. The smallest absolute Gasteiger partial charge is 0.253 e. The number of aromatic nitrogens is 2. The van der Waals surface area contributed by atoms with Gasteiger partial charge in [-0.05, 0) is 43.0 Å². The number of amides is 1. The van der Waals surface area contributed by atoms with Gasteiger partial charge in [-0.1, -0.05) is 6.07 Å². The average molecular weight is 353 g/mol. The molecule has 5 nitrogen and oxygen atoms in total. The van der Waals surface area contributed by atoms with Crippen molar-refractivity contribution in [3.63, 3.8) is 0 Å². The van der Waals surface area contributed by atoms with E-state index in [4.69, 9.17) is 4.74 Å². The molecule has 6 heteroatoms. The quantitative estimate of drug-likeness (QED) is 0.729. The Hall–Kier alpha value is -2.73. The Kier molecular flexibility index (Phi) is 5.40. The van der Waals surface area contributed by atoms with Gasteiger partial charge in [-0.15, -0.1) is 11.3 Å². The zero-order valence-electron chi connectivity index (χ0n) is 14.1. The fourth-order valence-corrected chi connectivity index (χ4v) is 2.98. The average Bonchev–Trinajstić information content (AvgIpc) is 3.15. The maximum atomic E-state index is 12.3. The van der Waals surface area contributed by atoms with Crippen LogP contribution in [0.1, 0.15) is 29.8 Å². The van der Waals surface area contributed by atoms with Crippen LogP contribution in [0.4, 0.5) is 0 Å². The number of hydrogen-bond donors (Lipinski definition) is 1. The Labute approximate surface area is 150 Å². The van der Waals surface area contributed by atoms with E-state index in [2.05, 4.69) is 21.4 Å². The standard InChI is InChI=1S/C19H19N3O2S/c1-13(2)24-18-6-5-15(12-21-18)19(23)22-10-14-8-16(11-20-9-14)17-4-3-7-25-17/h3-9,11-13H,10H2,1-2H3,(H,22,23). The molecule has 0 unspecified atom stereocenters. The lowest BCUT2D eigenvalue weighted by Gasteiger charge is -2.09. The van der Waals surface area contributed by atoms with Crippen LogP contribution in [-0.2, 0) is 6.54 Å². The van der Waals surface area contributed by atoms with Crippen LogP contribution in [0.25, 0.3) is 10.4 Å². The molecule has 128 valence electrons. The minimum Gasteiger partial charge on any atom is -0.475 e. The van der Waals surface area contributed by atoms with Gasteiger partial charge in [-0.3, -0.25) is 9.78 Å². The normalized spacial score (nSPS) is 10.7. The zero-order chi connectivity index (χ0) is 17.6. The van der Waals surface area contributed by atoms with E-state index in [1.807, 2.05) is 37.6 Å². The molecule has 1 amide bonds. The van der Waals surface area contributed by atoms with Gasteiger partial charge >= 0.3 is 0 Å². The monoisotopic (exact) mass is 353 g/mol. The SMILES string of the molecule is CC(C)Oc1ccc(C(=O)NCc2cncc(-c3cccs3)c2)cn1. The number of nitrogens with one attached hydrogen (secondary N) is 1. The van der Waals surface area contributed by atoms with E-state index >= 15 is 0 Å². The van der Waals surface area contributed by atoms with Gasteiger partial charge in [0.2, 0.25) is 5.88 Å². The maximum Gasteiger partial charge on any atom is 0.253 e. The van der Waals surface area contributed by atoms with Crippen LogP contribution >= 0.6 is 11.3 Å². The molecule has 0 bridgehead atoms. The van der Waals surface area contributed by atoms with Gasteiger partial charge in [-0.25, -0.2) is 4.98 Å². The van der Waals surface area contributed by atoms with Gasteiger partial charge in [0.25, 0.3) is 5.91 Å². The van der Waals surface area contributed by atoms with Crippen molar-refractivity contribution in [2.45, 2.75) is 26.5 Å². The highest BCUT2D eigenvalue weighted by molar-refractivity contribution is 7.13. The Morgan fingerprint density at radius 1 is 1.24 bits per heavy atom. The van der Waals surface area contributed by atoms with Crippen molar-refractivity contribution < 1.29 is 9.53 Å². The first kappa shape index (κ1) is 17.1. The third kappa shape index (κ3) is 4.64. The molecular weight excluding hydrogens is 334 g/mol. The summed E-state index contributed by atoms with van der Waals surface area (Å²) in [5, 5.41) is 4.92. The van der Waals surface area contributed by atoms with E-state index in [0.717, 1.165) is 16.0 Å². The molecular formula is C19H19N3O2S. The molecule has 0 spiro atoms. The van der Waals surface area contributed by atoms with Crippen LogP contribution < -0.4 is 10.1 Å². The predicted octanol–water partition coefficient (Wildman–Crippen LogP) is 3.92. The molecule has 0 saturated carbocycles. The molecule has 3 aromatic rings. The molecule has 0 aromatic carbocycles. The van der Waals surface area contributed by atoms with Crippen molar-refractivity contribution in [1.29, 1.82) is 0 Å². The first-order valence-corrected chi connectivity index (χ1v) is 8.88. The van der Waals surface area contributed by atoms with Crippen LogP contribution in [0.5, 0.6) is 5.88 Å².